The van der Waals surface area contributed by atoms with Crippen molar-refractivity contribution in [3.05, 3.63) is 0 Å². The third-order valence-electron chi connectivity index (χ3n) is 4.52. The van der Waals surface area contributed by atoms with Crippen LogP contribution < -0.4 is 5.73 Å². The first-order valence-electron chi connectivity index (χ1n) is 6.79. The lowest BCUT2D eigenvalue weighted by Gasteiger charge is -2.44. The molecule has 0 spiro atoms. The lowest BCUT2D eigenvalue weighted by molar-refractivity contribution is -0.0290. The molecule has 1 aliphatic carbocycles. The molecule has 0 bridgehead atoms. The molecule has 1 aliphatic heterocycles. The van der Waals surface area contributed by atoms with E-state index in [2.05, 4.69) is 4.90 Å². The number of rotatable bonds is 2. The molecular weight excluding hydrogens is 200 g/mol. The number of nitrogens with zero attached hydrogens (tertiary/aromatic N) is 1. The van der Waals surface area contributed by atoms with Crippen molar-refractivity contribution in [2.45, 2.75) is 57.1 Å². The lowest BCUT2D eigenvalue weighted by atomic mass is 9.81. The molecule has 2 atom stereocenters. The van der Waals surface area contributed by atoms with E-state index in [4.69, 9.17) is 5.73 Å². The van der Waals surface area contributed by atoms with Crippen LogP contribution in [0.15, 0.2) is 0 Å². The largest absolute Gasteiger partial charge is 0.390 e. The molecule has 0 radical (unpaired) electrons. The van der Waals surface area contributed by atoms with Crippen molar-refractivity contribution in [1.82, 2.24) is 4.90 Å². The first-order chi connectivity index (χ1) is 7.62. The maximum absolute atomic E-state index is 9.96. The molecule has 0 aromatic heterocycles. The Morgan fingerprint density at radius 1 is 1.25 bits per heavy atom. The van der Waals surface area contributed by atoms with Crippen LogP contribution in [0, 0.1) is 5.92 Å². The predicted octanol–water partition coefficient (Wildman–Crippen LogP) is 1.35. The summed E-state index contributed by atoms with van der Waals surface area (Å²) in [7, 11) is 0. The minimum atomic E-state index is -0.427. The van der Waals surface area contributed by atoms with E-state index in [1.165, 1.54) is 25.7 Å². The van der Waals surface area contributed by atoms with E-state index in [-0.39, 0.29) is 0 Å². The normalized spacial score (nSPS) is 36.2. The Kier molecular flexibility index (Phi) is 3.88. The summed E-state index contributed by atoms with van der Waals surface area (Å²) in [5.41, 5.74) is 5.45. The molecule has 2 rings (SSSR count). The van der Waals surface area contributed by atoms with Gasteiger partial charge in [0.25, 0.3) is 0 Å². The van der Waals surface area contributed by atoms with E-state index in [0.29, 0.717) is 12.0 Å². The van der Waals surface area contributed by atoms with E-state index >= 15 is 0 Å². The van der Waals surface area contributed by atoms with Gasteiger partial charge >= 0.3 is 0 Å². The minimum absolute atomic E-state index is 0.427. The highest BCUT2D eigenvalue weighted by Gasteiger charge is 2.34. The number of likely N-dealkylation sites (tertiary alicyclic amines) is 1. The van der Waals surface area contributed by atoms with Crippen molar-refractivity contribution in [1.29, 1.82) is 0 Å². The van der Waals surface area contributed by atoms with Crippen molar-refractivity contribution >= 4 is 0 Å². The number of hydrogen-bond donors (Lipinski definition) is 2. The van der Waals surface area contributed by atoms with Crippen LogP contribution in [0.2, 0.25) is 0 Å². The van der Waals surface area contributed by atoms with Gasteiger partial charge in [-0.05, 0) is 45.1 Å². The van der Waals surface area contributed by atoms with E-state index in [1.54, 1.807) is 0 Å². The van der Waals surface area contributed by atoms with Gasteiger partial charge in [0.2, 0.25) is 0 Å². The van der Waals surface area contributed by atoms with Crippen LogP contribution in [-0.4, -0.2) is 41.3 Å². The summed E-state index contributed by atoms with van der Waals surface area (Å²) >= 11 is 0. The zero-order valence-corrected chi connectivity index (χ0v) is 10.5. The molecule has 94 valence electrons. The second-order valence-corrected chi connectivity index (χ2v) is 5.88. The van der Waals surface area contributed by atoms with Gasteiger partial charge in [-0.25, -0.2) is 0 Å². The number of piperidine rings is 1. The summed E-state index contributed by atoms with van der Waals surface area (Å²) in [5, 5.41) is 9.96. The van der Waals surface area contributed by atoms with Crippen LogP contribution in [0.25, 0.3) is 0 Å². The monoisotopic (exact) mass is 226 g/mol. The minimum Gasteiger partial charge on any atom is -0.390 e. The Morgan fingerprint density at radius 3 is 2.50 bits per heavy atom. The quantitative estimate of drug-likeness (QED) is 0.747. The maximum atomic E-state index is 9.96. The van der Waals surface area contributed by atoms with Crippen molar-refractivity contribution in [3.63, 3.8) is 0 Å². The fourth-order valence-corrected chi connectivity index (χ4v) is 3.28. The van der Waals surface area contributed by atoms with Gasteiger partial charge in [-0.3, -0.25) is 4.90 Å². The van der Waals surface area contributed by atoms with Gasteiger partial charge in [0, 0.05) is 19.1 Å². The van der Waals surface area contributed by atoms with Gasteiger partial charge in [0.1, 0.15) is 0 Å². The van der Waals surface area contributed by atoms with Crippen LogP contribution in [0.1, 0.15) is 45.4 Å². The van der Waals surface area contributed by atoms with E-state index in [9.17, 15) is 5.11 Å². The van der Waals surface area contributed by atoms with Crippen molar-refractivity contribution in [3.8, 4) is 0 Å². The van der Waals surface area contributed by atoms with Crippen LogP contribution in [0.4, 0.5) is 0 Å². The SMILES string of the molecule is CC1(O)CCN(C2CCCCC2CN)CC1. The molecule has 2 aliphatic rings. The Hall–Kier alpha value is -0.120. The van der Waals surface area contributed by atoms with Gasteiger partial charge in [-0.2, -0.15) is 0 Å². The van der Waals surface area contributed by atoms with Crippen LogP contribution in [-0.2, 0) is 0 Å². The highest BCUT2D eigenvalue weighted by atomic mass is 16.3. The summed E-state index contributed by atoms with van der Waals surface area (Å²) < 4.78 is 0. The van der Waals surface area contributed by atoms with Crippen molar-refractivity contribution < 1.29 is 5.11 Å². The molecule has 3 N–H and O–H groups in total. The Balaban J connectivity index is 1.91. The first-order valence-corrected chi connectivity index (χ1v) is 6.79. The van der Waals surface area contributed by atoms with Crippen LogP contribution in [0.5, 0.6) is 0 Å². The van der Waals surface area contributed by atoms with Gasteiger partial charge in [0.05, 0.1) is 5.60 Å². The highest BCUT2D eigenvalue weighted by Crippen LogP contribution is 2.31. The van der Waals surface area contributed by atoms with Gasteiger partial charge in [-0.15, -0.1) is 0 Å². The second kappa shape index (κ2) is 5.03. The zero-order chi connectivity index (χ0) is 11.6. The molecule has 2 unspecified atom stereocenters. The zero-order valence-electron chi connectivity index (χ0n) is 10.5. The number of aliphatic hydroxyl groups is 1. The molecule has 16 heavy (non-hydrogen) atoms. The second-order valence-electron chi connectivity index (χ2n) is 5.88. The van der Waals surface area contributed by atoms with Crippen molar-refractivity contribution in [2.24, 2.45) is 11.7 Å². The van der Waals surface area contributed by atoms with Crippen LogP contribution >= 0.6 is 0 Å². The van der Waals surface area contributed by atoms with Crippen LogP contribution in [0.3, 0.4) is 0 Å². The summed E-state index contributed by atoms with van der Waals surface area (Å²) in [6.45, 7) is 4.89. The highest BCUT2D eigenvalue weighted by molar-refractivity contribution is 4.89. The van der Waals surface area contributed by atoms with Gasteiger partial charge in [0.15, 0.2) is 0 Å². The molecule has 1 heterocycles. The summed E-state index contributed by atoms with van der Waals surface area (Å²) in [5.74, 6) is 0.691. The Labute approximate surface area is 99.0 Å². The fourth-order valence-electron chi connectivity index (χ4n) is 3.28. The number of hydrogen-bond acceptors (Lipinski definition) is 3. The summed E-state index contributed by atoms with van der Waals surface area (Å²) in [6, 6.07) is 0.690. The first kappa shape index (κ1) is 12.3. The molecule has 1 saturated carbocycles. The van der Waals surface area contributed by atoms with E-state index in [1.807, 2.05) is 6.92 Å². The molecule has 3 heteroatoms. The smallest absolute Gasteiger partial charge is 0.0644 e. The van der Waals surface area contributed by atoms with E-state index in [0.717, 1.165) is 32.5 Å². The molecule has 0 amide bonds. The lowest BCUT2D eigenvalue weighted by Crippen LogP contribution is -2.51. The number of nitrogens with two attached hydrogens (primary N) is 1. The Bertz CT molecular complexity index is 220. The molecule has 1 saturated heterocycles. The Morgan fingerprint density at radius 2 is 1.88 bits per heavy atom. The van der Waals surface area contributed by atoms with E-state index < -0.39 is 5.60 Å². The standard InChI is InChI=1S/C13H26N2O/c1-13(16)6-8-15(9-7-13)12-5-3-2-4-11(12)10-14/h11-12,16H,2-10,14H2,1H3. The maximum Gasteiger partial charge on any atom is 0.0644 e. The third kappa shape index (κ3) is 2.76. The van der Waals surface area contributed by atoms with Gasteiger partial charge < -0.3 is 10.8 Å². The third-order valence-corrected chi connectivity index (χ3v) is 4.52. The van der Waals surface area contributed by atoms with Gasteiger partial charge in [-0.1, -0.05) is 12.8 Å². The molecular formula is C13H26N2O. The molecule has 2 fully saturated rings. The predicted molar refractivity (Wildman–Crippen MR) is 66.2 cm³/mol. The van der Waals surface area contributed by atoms with Crippen molar-refractivity contribution in [2.75, 3.05) is 19.6 Å². The average molecular weight is 226 g/mol. The topological polar surface area (TPSA) is 49.5 Å². The average Bonchev–Trinajstić information content (AvgIpc) is 2.29. The molecule has 0 aromatic rings. The summed E-state index contributed by atoms with van der Waals surface area (Å²) in [4.78, 5) is 2.58. The molecule has 0 aromatic carbocycles. The summed E-state index contributed by atoms with van der Waals surface area (Å²) in [6.07, 6.45) is 7.15. The fraction of sp³-hybridized carbons (Fsp3) is 1.00. The molecule has 3 nitrogen and oxygen atoms in total.